The van der Waals surface area contributed by atoms with E-state index in [1.807, 2.05) is 18.2 Å². The number of hydrogen-bond donors (Lipinski definition) is 1. The molecule has 0 spiro atoms. The Balaban J connectivity index is 2.04. The Morgan fingerprint density at radius 2 is 1.26 bits per heavy atom. The number of benzene rings is 1. The third kappa shape index (κ3) is 14.2. The highest BCUT2D eigenvalue weighted by Gasteiger charge is 2.12. The SMILES string of the molecule is CCCCCCCCCCCCCCCCOC(=O)c1ccc(C)cc1NCCCC. The van der Waals surface area contributed by atoms with E-state index in [9.17, 15) is 4.79 Å². The van der Waals surface area contributed by atoms with Gasteiger partial charge in [-0.05, 0) is 37.5 Å². The second-order valence-corrected chi connectivity index (χ2v) is 9.06. The average molecular weight is 432 g/mol. The van der Waals surface area contributed by atoms with E-state index in [2.05, 4.69) is 26.1 Å². The lowest BCUT2D eigenvalue weighted by atomic mass is 10.0. The molecule has 3 heteroatoms. The molecule has 0 aliphatic heterocycles. The maximum absolute atomic E-state index is 12.5. The fourth-order valence-corrected chi connectivity index (χ4v) is 3.92. The summed E-state index contributed by atoms with van der Waals surface area (Å²) in [5, 5.41) is 3.39. The van der Waals surface area contributed by atoms with Crippen LogP contribution in [0.5, 0.6) is 0 Å². The van der Waals surface area contributed by atoms with Crippen LogP contribution in [0.3, 0.4) is 0 Å². The van der Waals surface area contributed by atoms with Crippen molar-refractivity contribution >= 4 is 11.7 Å². The standard InChI is InChI=1S/C28H49NO2/c1-4-6-8-9-10-11-12-13-14-15-16-17-18-19-23-31-28(30)26-21-20-25(3)24-27(26)29-22-7-5-2/h20-21,24,29H,4-19,22-23H2,1-3H3. The van der Waals surface area contributed by atoms with Crippen molar-refractivity contribution in [3.63, 3.8) is 0 Å². The minimum absolute atomic E-state index is 0.200. The van der Waals surface area contributed by atoms with Crippen LogP contribution >= 0.6 is 0 Å². The number of aryl methyl sites for hydroxylation is 1. The van der Waals surface area contributed by atoms with Crippen molar-refractivity contribution in [1.29, 1.82) is 0 Å². The highest BCUT2D eigenvalue weighted by Crippen LogP contribution is 2.19. The summed E-state index contributed by atoms with van der Waals surface area (Å²) in [7, 11) is 0. The number of esters is 1. The van der Waals surface area contributed by atoms with E-state index in [4.69, 9.17) is 4.74 Å². The Morgan fingerprint density at radius 3 is 1.81 bits per heavy atom. The number of hydrogen-bond acceptors (Lipinski definition) is 3. The summed E-state index contributed by atoms with van der Waals surface area (Å²) >= 11 is 0. The van der Waals surface area contributed by atoms with Crippen LogP contribution in [0, 0.1) is 6.92 Å². The lowest BCUT2D eigenvalue weighted by Gasteiger charge is -2.12. The smallest absolute Gasteiger partial charge is 0.340 e. The molecule has 0 radical (unpaired) electrons. The van der Waals surface area contributed by atoms with Crippen LogP contribution in [0.4, 0.5) is 5.69 Å². The fourth-order valence-electron chi connectivity index (χ4n) is 3.92. The maximum Gasteiger partial charge on any atom is 0.340 e. The van der Waals surface area contributed by atoms with Crippen molar-refractivity contribution in [3.8, 4) is 0 Å². The first-order chi connectivity index (χ1) is 15.2. The molecule has 0 aliphatic rings. The van der Waals surface area contributed by atoms with Gasteiger partial charge in [-0.15, -0.1) is 0 Å². The molecule has 0 unspecified atom stereocenters. The molecule has 31 heavy (non-hydrogen) atoms. The highest BCUT2D eigenvalue weighted by molar-refractivity contribution is 5.95. The zero-order valence-corrected chi connectivity index (χ0v) is 20.8. The molecular formula is C28H49NO2. The van der Waals surface area contributed by atoms with Crippen molar-refractivity contribution in [2.24, 2.45) is 0 Å². The summed E-state index contributed by atoms with van der Waals surface area (Å²) in [4.78, 5) is 12.5. The molecule has 0 saturated carbocycles. The second-order valence-electron chi connectivity index (χ2n) is 9.06. The first kappa shape index (κ1) is 27.5. The van der Waals surface area contributed by atoms with Crippen molar-refractivity contribution in [3.05, 3.63) is 29.3 Å². The van der Waals surface area contributed by atoms with Crippen LogP contribution in [-0.2, 0) is 4.74 Å². The van der Waals surface area contributed by atoms with E-state index in [0.29, 0.717) is 12.2 Å². The number of nitrogens with one attached hydrogen (secondary N) is 1. The predicted molar refractivity (Wildman–Crippen MR) is 135 cm³/mol. The van der Waals surface area contributed by atoms with Gasteiger partial charge in [0.15, 0.2) is 0 Å². The molecule has 178 valence electrons. The van der Waals surface area contributed by atoms with Gasteiger partial charge in [0, 0.05) is 12.2 Å². The number of carbonyl (C=O) groups excluding carboxylic acids is 1. The van der Waals surface area contributed by atoms with Gasteiger partial charge in [-0.3, -0.25) is 0 Å². The molecule has 0 amide bonds. The Kier molecular flexibility index (Phi) is 17.0. The molecule has 1 aromatic rings. The van der Waals surface area contributed by atoms with Crippen molar-refractivity contribution < 1.29 is 9.53 Å². The molecule has 0 saturated heterocycles. The van der Waals surface area contributed by atoms with E-state index in [1.54, 1.807) is 0 Å². The monoisotopic (exact) mass is 431 g/mol. The second kappa shape index (κ2) is 19.2. The van der Waals surface area contributed by atoms with E-state index < -0.39 is 0 Å². The van der Waals surface area contributed by atoms with Gasteiger partial charge in [0.25, 0.3) is 0 Å². The summed E-state index contributed by atoms with van der Waals surface area (Å²) in [6.07, 6.45) is 20.9. The summed E-state index contributed by atoms with van der Waals surface area (Å²) < 4.78 is 5.54. The Morgan fingerprint density at radius 1 is 0.742 bits per heavy atom. The molecular weight excluding hydrogens is 382 g/mol. The van der Waals surface area contributed by atoms with Crippen LogP contribution in [-0.4, -0.2) is 19.1 Å². The largest absolute Gasteiger partial charge is 0.462 e. The number of unbranched alkanes of at least 4 members (excludes halogenated alkanes) is 14. The quantitative estimate of drug-likeness (QED) is 0.165. The zero-order valence-electron chi connectivity index (χ0n) is 20.8. The minimum Gasteiger partial charge on any atom is -0.462 e. The first-order valence-electron chi connectivity index (χ1n) is 13.2. The van der Waals surface area contributed by atoms with E-state index in [1.165, 1.54) is 77.0 Å². The Hall–Kier alpha value is -1.51. The average Bonchev–Trinajstić information content (AvgIpc) is 2.76. The van der Waals surface area contributed by atoms with Crippen molar-refractivity contribution in [2.75, 3.05) is 18.5 Å². The molecule has 1 N–H and O–H groups in total. The van der Waals surface area contributed by atoms with Crippen molar-refractivity contribution in [2.45, 2.75) is 124 Å². The summed E-state index contributed by atoms with van der Waals surface area (Å²) in [5.74, 6) is -0.200. The highest BCUT2D eigenvalue weighted by atomic mass is 16.5. The van der Waals surface area contributed by atoms with Gasteiger partial charge < -0.3 is 10.1 Å². The molecule has 0 aliphatic carbocycles. The molecule has 0 heterocycles. The maximum atomic E-state index is 12.5. The Bertz CT molecular complexity index is 570. The zero-order chi connectivity index (χ0) is 22.6. The number of rotatable bonds is 20. The normalized spacial score (nSPS) is 10.9. The van der Waals surface area contributed by atoms with Crippen LogP contribution in [0.15, 0.2) is 18.2 Å². The van der Waals surface area contributed by atoms with Gasteiger partial charge in [-0.1, -0.05) is 110 Å². The predicted octanol–water partition coefficient (Wildman–Crippen LogP) is 8.85. The lowest BCUT2D eigenvalue weighted by molar-refractivity contribution is 0.0499. The third-order valence-electron chi connectivity index (χ3n) is 5.97. The fraction of sp³-hybridized carbons (Fsp3) is 0.750. The summed E-state index contributed by atoms with van der Waals surface area (Å²) in [5.41, 5.74) is 2.72. The minimum atomic E-state index is -0.200. The van der Waals surface area contributed by atoms with Crippen LogP contribution in [0.2, 0.25) is 0 Å². The number of ether oxygens (including phenoxy) is 1. The molecule has 0 aromatic heterocycles. The van der Waals surface area contributed by atoms with Gasteiger partial charge in [0.2, 0.25) is 0 Å². The molecule has 3 nitrogen and oxygen atoms in total. The molecule has 0 fully saturated rings. The van der Waals surface area contributed by atoms with Crippen LogP contribution in [0.1, 0.15) is 133 Å². The van der Waals surface area contributed by atoms with E-state index in [-0.39, 0.29) is 5.97 Å². The van der Waals surface area contributed by atoms with Crippen LogP contribution < -0.4 is 5.32 Å². The first-order valence-corrected chi connectivity index (χ1v) is 13.2. The summed E-state index contributed by atoms with van der Waals surface area (Å²) in [6.45, 7) is 7.91. The summed E-state index contributed by atoms with van der Waals surface area (Å²) in [6, 6.07) is 5.91. The van der Waals surface area contributed by atoms with Gasteiger partial charge in [-0.25, -0.2) is 4.79 Å². The molecule has 1 rings (SSSR count). The van der Waals surface area contributed by atoms with E-state index >= 15 is 0 Å². The number of anilines is 1. The Labute approximate surface area is 192 Å². The molecule has 0 atom stereocenters. The van der Waals surface area contributed by atoms with E-state index in [0.717, 1.165) is 43.5 Å². The van der Waals surface area contributed by atoms with Crippen molar-refractivity contribution in [1.82, 2.24) is 0 Å². The lowest BCUT2D eigenvalue weighted by Crippen LogP contribution is -2.11. The topological polar surface area (TPSA) is 38.3 Å². The van der Waals surface area contributed by atoms with Crippen LogP contribution in [0.25, 0.3) is 0 Å². The van der Waals surface area contributed by atoms with Gasteiger partial charge >= 0.3 is 5.97 Å². The van der Waals surface area contributed by atoms with Gasteiger partial charge in [0.1, 0.15) is 0 Å². The molecule has 0 bridgehead atoms. The van der Waals surface area contributed by atoms with Gasteiger partial charge in [0.05, 0.1) is 12.2 Å². The molecule has 1 aromatic carbocycles. The third-order valence-corrected chi connectivity index (χ3v) is 5.97. The number of carbonyl (C=O) groups is 1. The van der Waals surface area contributed by atoms with Gasteiger partial charge in [-0.2, -0.15) is 0 Å².